The average Bonchev–Trinajstić information content (AvgIpc) is 2.20. The molecule has 0 saturated carbocycles. The fourth-order valence-corrected chi connectivity index (χ4v) is 1.90. The molecule has 0 fully saturated rings. The van der Waals surface area contributed by atoms with Gasteiger partial charge in [-0.25, -0.2) is 0 Å². The Morgan fingerprint density at radius 1 is 1.07 bits per heavy atom. The highest BCUT2D eigenvalue weighted by molar-refractivity contribution is 5.78. The molecule has 2 nitrogen and oxygen atoms in total. The minimum absolute atomic E-state index is 0.122. The van der Waals surface area contributed by atoms with Crippen LogP contribution in [0.5, 0.6) is 0 Å². The van der Waals surface area contributed by atoms with Gasteiger partial charge in [-0.15, -0.1) is 0 Å². The Morgan fingerprint density at radius 3 is 2.13 bits per heavy atom. The molecule has 0 aliphatic carbocycles. The maximum atomic E-state index is 11.4. The van der Waals surface area contributed by atoms with Gasteiger partial charge in [-0.2, -0.15) is 0 Å². The van der Waals surface area contributed by atoms with Crippen LogP contribution in [-0.4, -0.2) is 17.0 Å². The van der Waals surface area contributed by atoms with Gasteiger partial charge in [0.05, 0.1) is 6.10 Å². The van der Waals surface area contributed by atoms with Gasteiger partial charge in [-0.1, -0.05) is 46.0 Å². The second kappa shape index (κ2) is 8.90. The fraction of sp³-hybridized carbons (Fsp3) is 0.923. The van der Waals surface area contributed by atoms with Crippen LogP contribution in [0.15, 0.2) is 0 Å². The maximum Gasteiger partial charge on any atom is 0.135 e. The molecular formula is C13H26O2. The first-order chi connectivity index (χ1) is 7.13. The quantitative estimate of drug-likeness (QED) is 0.598. The number of unbranched alkanes of at least 4 members (excludes halogenated alkanes) is 3. The summed E-state index contributed by atoms with van der Waals surface area (Å²) in [6.45, 7) is 5.86. The molecule has 0 amide bonds. The number of hydrogen-bond donors (Lipinski definition) is 1. The van der Waals surface area contributed by atoms with E-state index >= 15 is 0 Å². The summed E-state index contributed by atoms with van der Waals surface area (Å²) >= 11 is 0. The highest BCUT2D eigenvalue weighted by atomic mass is 16.3. The zero-order valence-electron chi connectivity index (χ0n) is 10.5. The van der Waals surface area contributed by atoms with Crippen LogP contribution in [0.25, 0.3) is 0 Å². The fourth-order valence-electron chi connectivity index (χ4n) is 1.90. The van der Waals surface area contributed by atoms with Crippen molar-refractivity contribution in [2.75, 3.05) is 0 Å². The van der Waals surface area contributed by atoms with Crippen LogP contribution in [0, 0.1) is 5.92 Å². The van der Waals surface area contributed by atoms with Crippen molar-refractivity contribution in [3.63, 3.8) is 0 Å². The van der Waals surface area contributed by atoms with Gasteiger partial charge in [0.15, 0.2) is 0 Å². The van der Waals surface area contributed by atoms with Gasteiger partial charge in [0.25, 0.3) is 0 Å². The lowest BCUT2D eigenvalue weighted by atomic mass is 9.89. The minimum Gasteiger partial charge on any atom is -0.392 e. The SMILES string of the molecule is CCCCC[C@@H](C(C)=O)[C@@H](O)CCCC. The summed E-state index contributed by atoms with van der Waals surface area (Å²) in [5, 5.41) is 9.89. The number of ketones is 1. The van der Waals surface area contributed by atoms with E-state index in [9.17, 15) is 9.90 Å². The summed E-state index contributed by atoms with van der Waals surface area (Å²) in [4.78, 5) is 11.4. The molecule has 1 N–H and O–H groups in total. The van der Waals surface area contributed by atoms with Crippen LogP contribution >= 0.6 is 0 Å². The summed E-state index contributed by atoms with van der Waals surface area (Å²) in [5.74, 6) is 0.0257. The lowest BCUT2D eigenvalue weighted by Gasteiger charge is -2.20. The van der Waals surface area contributed by atoms with Crippen molar-refractivity contribution in [1.29, 1.82) is 0 Å². The molecule has 0 radical (unpaired) electrons. The summed E-state index contributed by atoms with van der Waals surface area (Å²) in [6, 6.07) is 0. The third-order valence-electron chi connectivity index (χ3n) is 2.96. The van der Waals surface area contributed by atoms with Crippen LogP contribution < -0.4 is 0 Å². The molecule has 90 valence electrons. The van der Waals surface area contributed by atoms with Gasteiger partial charge in [0.1, 0.15) is 5.78 Å². The molecule has 0 rings (SSSR count). The van der Waals surface area contributed by atoms with Crippen molar-refractivity contribution < 1.29 is 9.90 Å². The van der Waals surface area contributed by atoms with E-state index in [1.165, 1.54) is 0 Å². The topological polar surface area (TPSA) is 37.3 Å². The Morgan fingerprint density at radius 2 is 1.67 bits per heavy atom. The van der Waals surface area contributed by atoms with Crippen LogP contribution in [0.1, 0.15) is 65.7 Å². The summed E-state index contributed by atoms with van der Waals surface area (Å²) in [5.41, 5.74) is 0. The smallest absolute Gasteiger partial charge is 0.135 e. The van der Waals surface area contributed by atoms with Crippen molar-refractivity contribution in [3.05, 3.63) is 0 Å². The number of aliphatic hydroxyl groups excluding tert-OH is 1. The maximum absolute atomic E-state index is 11.4. The van der Waals surface area contributed by atoms with Crippen LogP contribution in [0.2, 0.25) is 0 Å². The molecular weight excluding hydrogens is 188 g/mol. The van der Waals surface area contributed by atoms with E-state index in [2.05, 4.69) is 13.8 Å². The number of carbonyl (C=O) groups excluding carboxylic acids is 1. The number of carbonyl (C=O) groups is 1. The second-order valence-electron chi connectivity index (χ2n) is 4.42. The molecule has 0 aromatic heterocycles. The zero-order valence-corrected chi connectivity index (χ0v) is 10.5. The standard InChI is InChI=1S/C13H26O2/c1-4-6-8-9-12(11(3)14)13(15)10-7-5-2/h12-13,15H,4-10H2,1-3H3/t12-,13-/m0/s1. The van der Waals surface area contributed by atoms with E-state index < -0.39 is 6.10 Å². The number of rotatable bonds is 9. The lowest BCUT2D eigenvalue weighted by Crippen LogP contribution is -2.26. The van der Waals surface area contributed by atoms with Crippen LogP contribution in [0.4, 0.5) is 0 Å². The van der Waals surface area contributed by atoms with Crippen LogP contribution in [0.3, 0.4) is 0 Å². The first-order valence-corrected chi connectivity index (χ1v) is 6.32. The molecule has 0 aromatic carbocycles. The molecule has 15 heavy (non-hydrogen) atoms. The Labute approximate surface area is 94.1 Å². The van der Waals surface area contributed by atoms with Gasteiger partial charge in [-0.3, -0.25) is 4.79 Å². The van der Waals surface area contributed by atoms with E-state index in [-0.39, 0.29) is 11.7 Å². The van der Waals surface area contributed by atoms with E-state index in [1.807, 2.05) is 0 Å². The molecule has 0 aliphatic heterocycles. The molecule has 0 heterocycles. The molecule has 0 aliphatic rings. The normalized spacial score (nSPS) is 14.9. The van der Waals surface area contributed by atoms with Crippen molar-refractivity contribution in [1.82, 2.24) is 0 Å². The van der Waals surface area contributed by atoms with Crippen molar-refractivity contribution >= 4 is 5.78 Å². The summed E-state index contributed by atoms with van der Waals surface area (Å²) in [7, 11) is 0. The van der Waals surface area contributed by atoms with E-state index in [4.69, 9.17) is 0 Å². The molecule has 0 unspecified atom stereocenters. The highest BCUT2D eigenvalue weighted by Crippen LogP contribution is 2.19. The van der Waals surface area contributed by atoms with Gasteiger partial charge in [0.2, 0.25) is 0 Å². The second-order valence-corrected chi connectivity index (χ2v) is 4.42. The molecule has 0 saturated heterocycles. The van der Waals surface area contributed by atoms with Crippen molar-refractivity contribution in [2.24, 2.45) is 5.92 Å². The third kappa shape index (κ3) is 6.67. The van der Waals surface area contributed by atoms with Gasteiger partial charge in [-0.05, 0) is 19.8 Å². The highest BCUT2D eigenvalue weighted by Gasteiger charge is 2.22. The monoisotopic (exact) mass is 214 g/mol. The van der Waals surface area contributed by atoms with Gasteiger partial charge < -0.3 is 5.11 Å². The predicted molar refractivity (Wildman–Crippen MR) is 63.8 cm³/mol. The summed E-state index contributed by atoms with van der Waals surface area (Å²) < 4.78 is 0. The largest absolute Gasteiger partial charge is 0.392 e. The molecule has 2 heteroatoms. The van der Waals surface area contributed by atoms with E-state index in [0.29, 0.717) is 0 Å². The Kier molecular flexibility index (Phi) is 8.68. The Bertz CT molecular complexity index is 166. The molecule has 2 atom stereocenters. The number of aliphatic hydroxyl groups is 1. The van der Waals surface area contributed by atoms with Crippen LogP contribution in [-0.2, 0) is 4.79 Å². The predicted octanol–water partition coefficient (Wildman–Crippen LogP) is 3.32. The van der Waals surface area contributed by atoms with Crippen molar-refractivity contribution in [3.8, 4) is 0 Å². The molecule has 0 spiro atoms. The lowest BCUT2D eigenvalue weighted by molar-refractivity contribution is -0.124. The average molecular weight is 214 g/mol. The van der Waals surface area contributed by atoms with Crippen molar-refractivity contribution in [2.45, 2.75) is 71.8 Å². The first kappa shape index (κ1) is 14.6. The minimum atomic E-state index is -0.417. The van der Waals surface area contributed by atoms with E-state index in [1.54, 1.807) is 6.92 Å². The van der Waals surface area contributed by atoms with Gasteiger partial charge >= 0.3 is 0 Å². The Balaban J connectivity index is 3.95. The first-order valence-electron chi connectivity index (χ1n) is 6.32. The number of Topliss-reactive ketones (excluding diaryl/α,β-unsaturated/α-hetero) is 1. The van der Waals surface area contributed by atoms with E-state index in [0.717, 1.165) is 44.9 Å². The number of hydrogen-bond acceptors (Lipinski definition) is 2. The zero-order chi connectivity index (χ0) is 11.7. The summed E-state index contributed by atoms with van der Waals surface area (Å²) in [6.07, 6.45) is 6.68. The van der Waals surface area contributed by atoms with Gasteiger partial charge in [0, 0.05) is 5.92 Å². The third-order valence-corrected chi connectivity index (χ3v) is 2.96. The molecule has 0 aromatic rings. The Hall–Kier alpha value is -0.370. The molecule has 0 bridgehead atoms.